The molecule has 4 heterocycles. The van der Waals surface area contributed by atoms with Crippen molar-refractivity contribution >= 4 is 43.7 Å². The lowest BCUT2D eigenvalue weighted by atomic mass is 9.87. The monoisotopic (exact) mass is 697 g/mol. The molecule has 54 heavy (non-hydrogen) atoms. The second-order valence-electron chi connectivity index (χ2n) is 14.8. The fourth-order valence-electron chi connectivity index (χ4n) is 7.53. The minimum Gasteiger partial charge on any atom is -0.455 e. The number of benzene rings is 6. The summed E-state index contributed by atoms with van der Waals surface area (Å²) in [6.07, 6.45) is 3.75. The molecule has 0 saturated heterocycles. The lowest BCUT2D eigenvalue weighted by Gasteiger charge is -2.19. The first-order valence-electron chi connectivity index (χ1n) is 18.2. The molecule has 0 fully saturated rings. The summed E-state index contributed by atoms with van der Waals surface area (Å²) >= 11 is 0. The predicted molar refractivity (Wildman–Crippen MR) is 220 cm³/mol. The van der Waals surface area contributed by atoms with E-state index in [1.807, 2.05) is 54.9 Å². The Morgan fingerprint density at radius 1 is 0.481 bits per heavy atom. The van der Waals surface area contributed by atoms with Gasteiger partial charge in [0.15, 0.2) is 17.5 Å². The quantitative estimate of drug-likeness (QED) is 0.179. The highest BCUT2D eigenvalue weighted by Crippen LogP contribution is 2.39. The molecule has 10 aromatic rings. The summed E-state index contributed by atoms with van der Waals surface area (Å²) < 4.78 is 8.74. The van der Waals surface area contributed by atoms with Crippen LogP contribution < -0.4 is 0 Å². The Morgan fingerprint density at radius 2 is 1.11 bits per heavy atom. The summed E-state index contributed by atoms with van der Waals surface area (Å²) in [6.45, 7) is 6.65. The van der Waals surface area contributed by atoms with Crippen molar-refractivity contribution in [3.8, 4) is 51.0 Å². The summed E-state index contributed by atoms with van der Waals surface area (Å²) in [4.78, 5) is 19.8. The normalized spacial score (nSPS) is 12.0. The van der Waals surface area contributed by atoms with Gasteiger partial charge in [-0.3, -0.25) is 4.98 Å². The van der Waals surface area contributed by atoms with Crippen molar-refractivity contribution in [2.75, 3.05) is 0 Å². The van der Waals surface area contributed by atoms with Crippen LogP contribution in [0.3, 0.4) is 0 Å². The molecular weight excluding hydrogens is 663 g/mol. The van der Waals surface area contributed by atoms with Gasteiger partial charge in [-0.2, -0.15) is 0 Å². The zero-order valence-electron chi connectivity index (χ0n) is 30.2. The van der Waals surface area contributed by atoms with Crippen molar-refractivity contribution in [1.82, 2.24) is 24.5 Å². The van der Waals surface area contributed by atoms with Crippen molar-refractivity contribution in [3.05, 3.63) is 164 Å². The first-order valence-corrected chi connectivity index (χ1v) is 18.2. The molecule has 6 aromatic carbocycles. The molecule has 0 bridgehead atoms. The highest BCUT2D eigenvalue weighted by Gasteiger charge is 2.19. The number of nitrogens with zero attached hydrogens (tertiary/aromatic N) is 5. The Balaban J connectivity index is 1.14. The molecule has 6 nitrogen and oxygen atoms in total. The van der Waals surface area contributed by atoms with Crippen LogP contribution in [0.5, 0.6) is 0 Å². The van der Waals surface area contributed by atoms with Gasteiger partial charge < -0.3 is 8.98 Å². The van der Waals surface area contributed by atoms with Crippen LogP contribution in [0.4, 0.5) is 0 Å². The molecule has 0 aliphatic rings. The van der Waals surface area contributed by atoms with E-state index in [4.69, 9.17) is 24.4 Å². The fourth-order valence-corrected chi connectivity index (χ4v) is 7.53. The number of aromatic nitrogens is 5. The molecule has 0 atom stereocenters. The summed E-state index contributed by atoms with van der Waals surface area (Å²) in [5, 5.41) is 4.55. The van der Waals surface area contributed by atoms with Crippen molar-refractivity contribution < 1.29 is 4.42 Å². The van der Waals surface area contributed by atoms with Crippen LogP contribution in [0.2, 0.25) is 0 Å². The van der Waals surface area contributed by atoms with Gasteiger partial charge in [-0.05, 0) is 40.8 Å². The number of hydrogen-bond acceptors (Lipinski definition) is 5. The van der Waals surface area contributed by atoms with Gasteiger partial charge in [0.05, 0.1) is 22.9 Å². The Kier molecular flexibility index (Phi) is 7.27. The third-order valence-corrected chi connectivity index (χ3v) is 10.3. The molecule has 0 radical (unpaired) electrons. The average molecular weight is 698 g/mol. The minimum absolute atomic E-state index is 0.0401. The van der Waals surface area contributed by atoms with E-state index in [1.54, 1.807) is 0 Å². The van der Waals surface area contributed by atoms with Crippen LogP contribution in [0.1, 0.15) is 26.3 Å². The summed E-state index contributed by atoms with van der Waals surface area (Å²) in [6, 6.07) is 50.5. The van der Waals surface area contributed by atoms with Crippen LogP contribution >= 0.6 is 0 Å². The van der Waals surface area contributed by atoms with E-state index in [9.17, 15) is 0 Å². The third kappa shape index (κ3) is 5.34. The predicted octanol–water partition coefficient (Wildman–Crippen LogP) is 12.2. The van der Waals surface area contributed by atoms with Gasteiger partial charge in [0.1, 0.15) is 11.2 Å². The Hall–Kier alpha value is -6.92. The molecule has 10 rings (SSSR count). The SMILES string of the molecule is CC(C)(C)c1ccc(-c2nc(-c3ccccc3)nc(-c3cncc(-n4c5ccccc5c5ccc(-c6cccc7c6oc6ccccc67)cc54)c3)n2)cc1. The number of furan rings is 1. The van der Waals surface area contributed by atoms with Crippen molar-refractivity contribution in [2.45, 2.75) is 26.2 Å². The summed E-state index contributed by atoms with van der Waals surface area (Å²) in [7, 11) is 0. The smallest absolute Gasteiger partial charge is 0.165 e. The van der Waals surface area contributed by atoms with Gasteiger partial charge >= 0.3 is 0 Å². The van der Waals surface area contributed by atoms with E-state index in [2.05, 4.69) is 128 Å². The van der Waals surface area contributed by atoms with Crippen LogP contribution in [0.25, 0.3) is 94.7 Å². The van der Waals surface area contributed by atoms with Gasteiger partial charge in [-0.15, -0.1) is 0 Å². The van der Waals surface area contributed by atoms with Gasteiger partial charge in [0.25, 0.3) is 0 Å². The van der Waals surface area contributed by atoms with Gasteiger partial charge in [-0.25, -0.2) is 15.0 Å². The number of para-hydroxylation sites is 3. The highest BCUT2D eigenvalue weighted by molar-refractivity contribution is 6.13. The van der Waals surface area contributed by atoms with E-state index in [0.717, 1.165) is 71.9 Å². The molecule has 0 saturated carbocycles. The lowest BCUT2D eigenvalue weighted by molar-refractivity contribution is 0.590. The maximum Gasteiger partial charge on any atom is 0.165 e. The second kappa shape index (κ2) is 12.3. The Morgan fingerprint density at radius 3 is 1.89 bits per heavy atom. The van der Waals surface area contributed by atoms with E-state index >= 15 is 0 Å². The largest absolute Gasteiger partial charge is 0.455 e. The molecule has 0 unspecified atom stereocenters. The first kappa shape index (κ1) is 31.8. The van der Waals surface area contributed by atoms with E-state index in [-0.39, 0.29) is 5.41 Å². The summed E-state index contributed by atoms with van der Waals surface area (Å²) in [5.41, 5.74) is 10.9. The number of pyridine rings is 1. The molecular formula is C48H35N5O. The topological polar surface area (TPSA) is 69.6 Å². The average Bonchev–Trinajstić information content (AvgIpc) is 3.76. The minimum atomic E-state index is 0.0401. The molecule has 0 spiro atoms. The standard InChI is InChI=1S/C48H35N5O/c1-48(2,3)34-23-20-31(21-24-34)46-50-45(30-12-5-4-6-13-30)51-47(52-46)33-26-35(29-49-28-33)53-41-18-9-7-14-37(41)38-25-22-32(27-42(38)53)36-16-11-17-40-39-15-8-10-19-43(39)54-44(36)40/h4-29H,1-3H3. The molecule has 6 heteroatoms. The highest BCUT2D eigenvalue weighted by atomic mass is 16.3. The summed E-state index contributed by atoms with van der Waals surface area (Å²) in [5.74, 6) is 1.79. The molecule has 4 aromatic heterocycles. The van der Waals surface area contributed by atoms with E-state index in [0.29, 0.717) is 17.5 Å². The molecule has 0 aliphatic heterocycles. The third-order valence-electron chi connectivity index (χ3n) is 10.3. The first-order chi connectivity index (χ1) is 26.4. The molecule has 0 N–H and O–H groups in total. The van der Waals surface area contributed by atoms with Gasteiger partial charge in [0.2, 0.25) is 0 Å². The van der Waals surface area contributed by atoms with Crippen LogP contribution in [-0.2, 0) is 5.41 Å². The maximum atomic E-state index is 6.46. The zero-order chi connectivity index (χ0) is 36.4. The molecule has 0 aliphatic carbocycles. The van der Waals surface area contributed by atoms with Crippen molar-refractivity contribution in [2.24, 2.45) is 0 Å². The zero-order valence-corrected chi connectivity index (χ0v) is 30.2. The fraction of sp³-hybridized carbons (Fsp3) is 0.0833. The van der Waals surface area contributed by atoms with Crippen LogP contribution in [-0.4, -0.2) is 24.5 Å². The number of hydrogen-bond donors (Lipinski definition) is 0. The lowest BCUT2D eigenvalue weighted by Crippen LogP contribution is -2.10. The number of fused-ring (bicyclic) bond motifs is 6. The van der Waals surface area contributed by atoms with Crippen LogP contribution in [0, 0.1) is 0 Å². The second-order valence-corrected chi connectivity index (χ2v) is 14.8. The Labute approximate surface area is 312 Å². The van der Waals surface area contributed by atoms with Crippen LogP contribution in [0.15, 0.2) is 162 Å². The molecule has 0 amide bonds. The van der Waals surface area contributed by atoms with Crippen molar-refractivity contribution in [1.29, 1.82) is 0 Å². The maximum absolute atomic E-state index is 6.46. The van der Waals surface area contributed by atoms with E-state index in [1.165, 1.54) is 10.9 Å². The van der Waals surface area contributed by atoms with Crippen molar-refractivity contribution in [3.63, 3.8) is 0 Å². The Bertz CT molecular complexity index is 3020. The van der Waals surface area contributed by atoms with Gasteiger partial charge in [-0.1, -0.05) is 142 Å². The molecule has 258 valence electrons. The van der Waals surface area contributed by atoms with Gasteiger partial charge in [0, 0.05) is 50.0 Å². The number of rotatable bonds is 5. The van der Waals surface area contributed by atoms with E-state index < -0.39 is 0 Å².